The summed E-state index contributed by atoms with van der Waals surface area (Å²) in [7, 11) is -1.28. The minimum atomic E-state index is -1.28. The number of nitrogens with zero attached hydrogens (tertiary/aromatic N) is 3. The van der Waals surface area contributed by atoms with Gasteiger partial charge < -0.3 is 9.64 Å². The summed E-state index contributed by atoms with van der Waals surface area (Å²) < 4.78 is 18.1. The van der Waals surface area contributed by atoms with Crippen molar-refractivity contribution < 1.29 is 13.7 Å². The maximum atomic E-state index is 12.6. The van der Waals surface area contributed by atoms with Crippen LogP contribution >= 0.6 is 0 Å². The highest BCUT2D eigenvalue weighted by molar-refractivity contribution is 7.85. The van der Waals surface area contributed by atoms with Gasteiger partial charge in [0.25, 0.3) is 0 Å². The monoisotopic (exact) mass is 339 g/mol. The molecule has 0 radical (unpaired) electrons. The standard InChI is InChI=1S/C16H25N3O3S/c1-12-14(18-9-8-17-12)23(21)11-13-7-5-6-10-19(13)15(20)22-16(2,3)4/h8-9,13H,5-7,10-11H2,1-4H3/t13-,23-/m0/s1. The van der Waals surface area contributed by atoms with Crippen molar-refractivity contribution in [2.75, 3.05) is 12.3 Å². The lowest BCUT2D eigenvalue weighted by atomic mass is 10.0. The Hall–Kier alpha value is -1.50. The molecule has 6 nitrogen and oxygen atoms in total. The molecule has 1 saturated heterocycles. The van der Waals surface area contributed by atoms with Crippen LogP contribution in [0.3, 0.4) is 0 Å². The smallest absolute Gasteiger partial charge is 0.410 e. The fourth-order valence-corrected chi connectivity index (χ4v) is 4.02. The van der Waals surface area contributed by atoms with Crippen LogP contribution in [0.2, 0.25) is 0 Å². The quantitative estimate of drug-likeness (QED) is 0.846. The summed E-state index contributed by atoms with van der Waals surface area (Å²) in [5.74, 6) is 0.374. The molecule has 23 heavy (non-hydrogen) atoms. The molecule has 2 rings (SSSR count). The summed E-state index contributed by atoms with van der Waals surface area (Å²) in [6.07, 6.45) is 5.63. The minimum absolute atomic E-state index is 0.0826. The predicted octanol–water partition coefficient (Wildman–Crippen LogP) is 2.68. The predicted molar refractivity (Wildman–Crippen MR) is 88.6 cm³/mol. The number of carbonyl (C=O) groups excluding carboxylic acids is 1. The normalized spacial score (nSPS) is 20.2. The van der Waals surface area contributed by atoms with Crippen LogP contribution in [-0.2, 0) is 15.5 Å². The largest absolute Gasteiger partial charge is 0.444 e. The highest BCUT2D eigenvalue weighted by Crippen LogP contribution is 2.22. The van der Waals surface area contributed by atoms with Crippen LogP contribution in [0.4, 0.5) is 4.79 Å². The molecule has 0 bridgehead atoms. The number of piperidine rings is 1. The van der Waals surface area contributed by atoms with E-state index < -0.39 is 16.4 Å². The average molecular weight is 339 g/mol. The van der Waals surface area contributed by atoms with E-state index >= 15 is 0 Å². The van der Waals surface area contributed by atoms with Gasteiger partial charge in [0.15, 0.2) is 0 Å². The van der Waals surface area contributed by atoms with Gasteiger partial charge in [0.2, 0.25) is 0 Å². The number of hydrogen-bond donors (Lipinski definition) is 0. The average Bonchev–Trinajstić information content (AvgIpc) is 2.46. The Morgan fingerprint density at radius 1 is 1.35 bits per heavy atom. The number of carbonyl (C=O) groups is 1. The van der Waals surface area contributed by atoms with Gasteiger partial charge in [-0.1, -0.05) is 0 Å². The van der Waals surface area contributed by atoms with E-state index in [1.807, 2.05) is 20.8 Å². The van der Waals surface area contributed by atoms with Crippen LogP contribution in [0.15, 0.2) is 17.4 Å². The number of rotatable bonds is 3. The fourth-order valence-electron chi connectivity index (χ4n) is 2.61. The molecule has 1 aromatic heterocycles. The Morgan fingerprint density at radius 3 is 2.70 bits per heavy atom. The molecule has 0 aliphatic carbocycles. The second-order valence-corrected chi connectivity index (χ2v) is 8.19. The maximum absolute atomic E-state index is 12.6. The molecular formula is C16H25N3O3S. The Bertz CT molecular complexity index is 586. The lowest BCUT2D eigenvalue weighted by Gasteiger charge is -2.36. The maximum Gasteiger partial charge on any atom is 0.410 e. The van der Waals surface area contributed by atoms with Crippen LogP contribution in [-0.4, -0.2) is 49.1 Å². The van der Waals surface area contributed by atoms with E-state index in [9.17, 15) is 9.00 Å². The van der Waals surface area contributed by atoms with Crippen LogP contribution in [0, 0.1) is 6.92 Å². The molecule has 1 aromatic rings. The lowest BCUT2D eigenvalue weighted by molar-refractivity contribution is 0.0125. The SMILES string of the molecule is Cc1nccnc1[S@@](=O)C[C@@H]1CCCCN1C(=O)OC(C)(C)C. The van der Waals surface area contributed by atoms with Crippen molar-refractivity contribution in [3.05, 3.63) is 18.1 Å². The van der Waals surface area contributed by atoms with E-state index in [0.717, 1.165) is 19.3 Å². The van der Waals surface area contributed by atoms with Crippen LogP contribution in [0.5, 0.6) is 0 Å². The molecule has 7 heteroatoms. The van der Waals surface area contributed by atoms with E-state index in [-0.39, 0.29) is 12.1 Å². The van der Waals surface area contributed by atoms with Crippen molar-refractivity contribution in [1.29, 1.82) is 0 Å². The van der Waals surface area contributed by atoms with Gasteiger partial charge in [0, 0.05) is 25.0 Å². The van der Waals surface area contributed by atoms with Gasteiger partial charge >= 0.3 is 6.09 Å². The molecule has 0 saturated carbocycles. The van der Waals surface area contributed by atoms with Crippen molar-refractivity contribution in [2.45, 2.75) is 63.6 Å². The molecule has 0 unspecified atom stereocenters. The van der Waals surface area contributed by atoms with E-state index in [1.165, 1.54) is 0 Å². The first-order chi connectivity index (χ1) is 10.8. The molecule has 2 atom stereocenters. The summed E-state index contributed by atoms with van der Waals surface area (Å²) in [5, 5.41) is 0.502. The van der Waals surface area contributed by atoms with E-state index in [4.69, 9.17) is 4.74 Å². The molecular weight excluding hydrogens is 314 g/mol. The van der Waals surface area contributed by atoms with Crippen LogP contribution < -0.4 is 0 Å². The van der Waals surface area contributed by atoms with E-state index in [1.54, 1.807) is 24.2 Å². The first-order valence-corrected chi connectivity index (χ1v) is 9.25. The minimum Gasteiger partial charge on any atom is -0.444 e. The second kappa shape index (κ2) is 7.38. The second-order valence-electron chi connectivity index (χ2n) is 6.78. The van der Waals surface area contributed by atoms with Crippen molar-refractivity contribution in [3.8, 4) is 0 Å². The van der Waals surface area contributed by atoms with Crippen molar-refractivity contribution in [3.63, 3.8) is 0 Å². The number of amides is 1. The molecule has 1 aliphatic rings. The van der Waals surface area contributed by atoms with Crippen molar-refractivity contribution in [2.24, 2.45) is 0 Å². The van der Waals surface area contributed by atoms with Gasteiger partial charge in [-0.2, -0.15) is 0 Å². The van der Waals surface area contributed by atoms with Gasteiger partial charge in [0.05, 0.1) is 22.2 Å². The van der Waals surface area contributed by atoms with Gasteiger partial charge in [-0.05, 0) is 47.0 Å². The van der Waals surface area contributed by atoms with Gasteiger partial charge in [0.1, 0.15) is 10.6 Å². The number of aryl methyl sites for hydroxylation is 1. The Labute approximate surface area is 140 Å². The molecule has 0 aromatic carbocycles. The Balaban J connectivity index is 2.08. The zero-order valence-corrected chi connectivity index (χ0v) is 15.1. The summed E-state index contributed by atoms with van der Waals surface area (Å²) in [6, 6.07) is -0.0826. The highest BCUT2D eigenvalue weighted by atomic mass is 32.2. The van der Waals surface area contributed by atoms with E-state index in [2.05, 4.69) is 9.97 Å². The number of likely N-dealkylation sites (tertiary alicyclic amines) is 1. The van der Waals surface area contributed by atoms with Crippen molar-refractivity contribution in [1.82, 2.24) is 14.9 Å². The third kappa shape index (κ3) is 4.99. The van der Waals surface area contributed by atoms with Crippen molar-refractivity contribution >= 4 is 16.9 Å². The summed E-state index contributed by atoms with van der Waals surface area (Å²) >= 11 is 0. The molecule has 2 heterocycles. The molecule has 0 N–H and O–H groups in total. The Morgan fingerprint density at radius 2 is 2.04 bits per heavy atom. The fraction of sp³-hybridized carbons (Fsp3) is 0.688. The van der Waals surface area contributed by atoms with Crippen LogP contribution in [0.25, 0.3) is 0 Å². The third-order valence-electron chi connectivity index (χ3n) is 3.65. The zero-order chi connectivity index (χ0) is 17.0. The number of hydrogen-bond acceptors (Lipinski definition) is 5. The summed E-state index contributed by atoms with van der Waals surface area (Å²) in [5.41, 5.74) is 0.144. The third-order valence-corrected chi connectivity index (χ3v) is 5.17. The molecule has 1 fully saturated rings. The molecule has 128 valence electrons. The number of ether oxygens (including phenoxy) is 1. The van der Waals surface area contributed by atoms with Crippen LogP contribution in [0.1, 0.15) is 45.7 Å². The Kier molecular flexibility index (Phi) is 5.73. The van der Waals surface area contributed by atoms with E-state index in [0.29, 0.717) is 23.0 Å². The van der Waals surface area contributed by atoms with Gasteiger partial charge in [-0.15, -0.1) is 0 Å². The molecule has 0 spiro atoms. The topological polar surface area (TPSA) is 72.4 Å². The summed E-state index contributed by atoms with van der Waals surface area (Å²) in [6.45, 7) is 8.00. The summed E-state index contributed by atoms with van der Waals surface area (Å²) in [4.78, 5) is 22.4. The number of aromatic nitrogens is 2. The highest BCUT2D eigenvalue weighted by Gasteiger charge is 2.32. The van der Waals surface area contributed by atoms with Gasteiger partial charge in [-0.25, -0.2) is 9.78 Å². The molecule has 1 aliphatic heterocycles. The molecule has 1 amide bonds. The first-order valence-electron chi connectivity index (χ1n) is 7.93. The lowest BCUT2D eigenvalue weighted by Crippen LogP contribution is -2.48. The zero-order valence-electron chi connectivity index (χ0n) is 14.2. The first kappa shape index (κ1) is 17.8. The van der Waals surface area contributed by atoms with Gasteiger partial charge in [-0.3, -0.25) is 9.19 Å².